The monoisotopic (exact) mass is 469 g/mol. The van der Waals surface area contributed by atoms with Gasteiger partial charge < -0.3 is 10.1 Å². The highest BCUT2D eigenvalue weighted by atomic mass is 35.5. The normalized spacial score (nSPS) is 16.5. The Morgan fingerprint density at radius 2 is 1.78 bits per heavy atom. The molecule has 0 spiro atoms. The molecule has 1 aromatic heterocycles. The summed E-state index contributed by atoms with van der Waals surface area (Å²) in [6.07, 6.45) is 0. The number of methoxy groups -OCH3 is 1. The predicted octanol–water partition coefficient (Wildman–Crippen LogP) is 3.65. The second kappa shape index (κ2) is 7.78. The van der Waals surface area contributed by atoms with Gasteiger partial charge in [-0.05, 0) is 11.6 Å². The molecule has 0 saturated carbocycles. The fourth-order valence-electron chi connectivity index (χ4n) is 4.42. The molecular weight excluding hydrogens is 453 g/mol. The van der Waals surface area contributed by atoms with Crippen LogP contribution >= 0.6 is 23.2 Å². The number of rotatable bonds is 4. The Kier molecular flexibility index (Phi) is 5.04. The number of fused-ring (bicyclic) bond motifs is 3. The Morgan fingerprint density at radius 3 is 2.53 bits per heavy atom. The SMILES string of the molecule is COCCn1c2c(c(=O)[nH]c1=O)C(c1cccc(Cl)c1Cl)C1=C(N2)c2ccccc2C1=O. The third kappa shape index (κ3) is 2.97. The molecule has 9 heteroatoms. The summed E-state index contributed by atoms with van der Waals surface area (Å²) in [5, 5.41) is 3.76. The van der Waals surface area contributed by atoms with Gasteiger partial charge in [0.05, 0.1) is 40.4 Å². The van der Waals surface area contributed by atoms with Gasteiger partial charge in [-0.3, -0.25) is 19.1 Å². The van der Waals surface area contributed by atoms with E-state index in [-0.39, 0.29) is 29.5 Å². The smallest absolute Gasteiger partial charge is 0.330 e. The van der Waals surface area contributed by atoms with Crippen LogP contribution in [0.5, 0.6) is 0 Å². The van der Waals surface area contributed by atoms with E-state index in [4.69, 9.17) is 27.9 Å². The molecule has 0 radical (unpaired) electrons. The highest BCUT2D eigenvalue weighted by Crippen LogP contribution is 2.49. The molecule has 2 aliphatic rings. The molecule has 2 N–H and O–H groups in total. The lowest BCUT2D eigenvalue weighted by atomic mass is 9.81. The molecule has 162 valence electrons. The minimum atomic E-state index is -0.814. The minimum absolute atomic E-state index is 0.204. The van der Waals surface area contributed by atoms with Crippen LogP contribution in [-0.2, 0) is 11.3 Å². The zero-order valence-electron chi connectivity index (χ0n) is 16.9. The highest BCUT2D eigenvalue weighted by Gasteiger charge is 2.43. The maximum Gasteiger partial charge on any atom is 0.330 e. The van der Waals surface area contributed by atoms with E-state index < -0.39 is 17.2 Å². The summed E-state index contributed by atoms with van der Waals surface area (Å²) in [4.78, 5) is 41.6. The van der Waals surface area contributed by atoms with Crippen molar-refractivity contribution in [3.63, 3.8) is 0 Å². The fraction of sp³-hybridized carbons (Fsp3) is 0.174. The standard InChI is InChI=1S/C23H17Cl2N3O4/c1-32-10-9-28-21-17(22(30)27-23(28)31)15(13-7-4-8-14(24)18(13)25)16-19(26-21)11-5-2-3-6-12(11)20(16)29/h2-8,15,26H,9-10H2,1H3,(H,27,30,31). The first-order valence-electron chi connectivity index (χ1n) is 9.89. The average molecular weight is 470 g/mol. The number of hydrogen-bond acceptors (Lipinski definition) is 5. The van der Waals surface area contributed by atoms with Gasteiger partial charge in [-0.25, -0.2) is 4.79 Å². The number of ketones is 1. The van der Waals surface area contributed by atoms with Crippen molar-refractivity contribution in [3.05, 3.63) is 101 Å². The van der Waals surface area contributed by atoms with Crippen LogP contribution in [0, 0.1) is 0 Å². The molecule has 2 heterocycles. The Hall–Kier alpha value is -3.13. The van der Waals surface area contributed by atoms with Crippen LogP contribution in [0.3, 0.4) is 0 Å². The van der Waals surface area contributed by atoms with E-state index in [0.717, 1.165) is 0 Å². The zero-order chi connectivity index (χ0) is 22.6. The molecule has 0 amide bonds. The molecule has 1 aliphatic heterocycles. The topological polar surface area (TPSA) is 93.2 Å². The lowest BCUT2D eigenvalue weighted by molar-refractivity contribution is 0.103. The number of carbonyl (C=O) groups excluding carboxylic acids is 1. The maximum absolute atomic E-state index is 13.5. The third-order valence-corrected chi connectivity index (χ3v) is 6.66. The number of aromatic nitrogens is 2. The van der Waals surface area contributed by atoms with Gasteiger partial charge in [0.25, 0.3) is 5.56 Å². The number of Topliss-reactive ketones (excluding diaryl/α,β-unsaturated/α-hetero) is 1. The molecule has 32 heavy (non-hydrogen) atoms. The molecular formula is C23H17Cl2N3O4. The highest BCUT2D eigenvalue weighted by molar-refractivity contribution is 6.42. The van der Waals surface area contributed by atoms with Crippen LogP contribution in [0.1, 0.15) is 33.0 Å². The van der Waals surface area contributed by atoms with Crippen LogP contribution in [0.2, 0.25) is 10.0 Å². The number of ether oxygens (including phenoxy) is 1. The molecule has 0 bridgehead atoms. The number of aromatic amines is 1. The molecule has 1 aliphatic carbocycles. The van der Waals surface area contributed by atoms with Gasteiger partial charge in [0, 0.05) is 23.8 Å². The number of halogens is 2. The first-order chi connectivity index (χ1) is 15.4. The van der Waals surface area contributed by atoms with E-state index in [9.17, 15) is 14.4 Å². The Morgan fingerprint density at radius 1 is 1.03 bits per heavy atom. The number of nitrogens with zero attached hydrogens (tertiary/aromatic N) is 1. The lowest BCUT2D eigenvalue weighted by Gasteiger charge is -2.30. The van der Waals surface area contributed by atoms with Crippen molar-refractivity contribution in [2.45, 2.75) is 12.5 Å². The average Bonchev–Trinajstić information content (AvgIpc) is 3.06. The third-order valence-electron chi connectivity index (χ3n) is 5.82. The minimum Gasteiger partial charge on any atom is -0.383 e. The molecule has 2 aromatic carbocycles. The van der Waals surface area contributed by atoms with Gasteiger partial charge >= 0.3 is 5.69 Å². The predicted molar refractivity (Wildman–Crippen MR) is 123 cm³/mol. The van der Waals surface area contributed by atoms with Gasteiger partial charge in [0.15, 0.2) is 5.78 Å². The Bertz CT molecular complexity index is 1440. The van der Waals surface area contributed by atoms with Crippen molar-refractivity contribution in [2.75, 3.05) is 19.0 Å². The van der Waals surface area contributed by atoms with Crippen molar-refractivity contribution >= 4 is 40.5 Å². The van der Waals surface area contributed by atoms with Gasteiger partial charge in [0.2, 0.25) is 0 Å². The molecule has 0 saturated heterocycles. The van der Waals surface area contributed by atoms with Crippen LogP contribution in [0.15, 0.2) is 57.6 Å². The van der Waals surface area contributed by atoms with E-state index in [1.807, 2.05) is 12.1 Å². The summed E-state index contributed by atoms with van der Waals surface area (Å²) in [5.41, 5.74) is 1.73. The molecule has 1 atom stereocenters. The van der Waals surface area contributed by atoms with E-state index in [2.05, 4.69) is 10.3 Å². The summed E-state index contributed by atoms with van der Waals surface area (Å²) < 4.78 is 6.55. The molecule has 5 rings (SSSR count). The van der Waals surface area contributed by atoms with E-state index in [0.29, 0.717) is 38.8 Å². The number of nitrogens with one attached hydrogen (secondary N) is 2. The summed E-state index contributed by atoms with van der Waals surface area (Å²) in [6.45, 7) is 0.458. The maximum atomic E-state index is 13.5. The van der Waals surface area contributed by atoms with Gasteiger partial charge in [-0.2, -0.15) is 0 Å². The van der Waals surface area contributed by atoms with Crippen molar-refractivity contribution in [1.29, 1.82) is 0 Å². The molecule has 1 unspecified atom stereocenters. The van der Waals surface area contributed by atoms with Crippen molar-refractivity contribution < 1.29 is 9.53 Å². The summed E-state index contributed by atoms with van der Waals surface area (Å²) in [5.74, 6) is -0.713. The second-order valence-corrected chi connectivity index (χ2v) is 8.32. The van der Waals surface area contributed by atoms with Crippen LogP contribution in [0.4, 0.5) is 5.82 Å². The zero-order valence-corrected chi connectivity index (χ0v) is 18.4. The van der Waals surface area contributed by atoms with Gasteiger partial charge in [-0.15, -0.1) is 0 Å². The first-order valence-corrected chi connectivity index (χ1v) is 10.6. The quantitative estimate of drug-likeness (QED) is 0.608. The Labute approximate surface area is 192 Å². The van der Waals surface area contributed by atoms with Gasteiger partial charge in [0.1, 0.15) is 5.82 Å². The first kappa shape index (κ1) is 20.8. The van der Waals surface area contributed by atoms with Crippen molar-refractivity contribution in [1.82, 2.24) is 9.55 Å². The number of carbonyl (C=O) groups is 1. The molecule has 3 aromatic rings. The summed E-state index contributed by atoms with van der Waals surface area (Å²) in [6, 6.07) is 12.3. The number of H-pyrrole nitrogens is 1. The second-order valence-electron chi connectivity index (χ2n) is 7.53. The molecule has 0 fully saturated rings. The number of anilines is 1. The fourth-order valence-corrected chi connectivity index (χ4v) is 4.83. The van der Waals surface area contributed by atoms with Crippen LogP contribution in [0.25, 0.3) is 5.70 Å². The lowest BCUT2D eigenvalue weighted by Crippen LogP contribution is -2.39. The van der Waals surface area contributed by atoms with Crippen molar-refractivity contribution in [3.8, 4) is 0 Å². The number of benzene rings is 2. The molecule has 7 nitrogen and oxygen atoms in total. The number of hydrogen-bond donors (Lipinski definition) is 2. The number of allylic oxidation sites excluding steroid dienone is 1. The summed E-state index contributed by atoms with van der Waals surface area (Å²) >= 11 is 12.8. The largest absolute Gasteiger partial charge is 0.383 e. The Balaban J connectivity index is 1.86. The van der Waals surface area contributed by atoms with Crippen LogP contribution in [-0.4, -0.2) is 29.1 Å². The van der Waals surface area contributed by atoms with E-state index in [1.165, 1.54) is 11.7 Å². The van der Waals surface area contributed by atoms with E-state index in [1.54, 1.807) is 30.3 Å². The van der Waals surface area contributed by atoms with Gasteiger partial charge in [-0.1, -0.05) is 59.6 Å². The van der Waals surface area contributed by atoms with Crippen LogP contribution < -0.4 is 16.6 Å². The summed E-state index contributed by atoms with van der Waals surface area (Å²) in [7, 11) is 1.53. The van der Waals surface area contributed by atoms with E-state index >= 15 is 0 Å². The van der Waals surface area contributed by atoms with Crippen molar-refractivity contribution in [2.24, 2.45) is 0 Å².